The predicted octanol–water partition coefficient (Wildman–Crippen LogP) is 1.58. The van der Waals surface area contributed by atoms with Crippen molar-refractivity contribution in [1.29, 1.82) is 0 Å². The minimum Gasteiger partial charge on any atom is -0.481 e. The van der Waals surface area contributed by atoms with E-state index in [1.807, 2.05) is 0 Å². The van der Waals surface area contributed by atoms with Crippen LogP contribution in [0.3, 0.4) is 0 Å². The summed E-state index contributed by atoms with van der Waals surface area (Å²) in [6.07, 6.45) is 1.17. The highest BCUT2D eigenvalue weighted by Crippen LogP contribution is 2.19. The van der Waals surface area contributed by atoms with E-state index in [-0.39, 0.29) is 18.7 Å². The van der Waals surface area contributed by atoms with Gasteiger partial charge in [0.25, 0.3) is 5.91 Å². The van der Waals surface area contributed by atoms with Gasteiger partial charge in [0.2, 0.25) is 0 Å². The number of fused-ring (bicyclic) bond motifs is 1. The van der Waals surface area contributed by atoms with Crippen LogP contribution in [0.1, 0.15) is 16.9 Å². The van der Waals surface area contributed by atoms with Crippen molar-refractivity contribution >= 4 is 22.6 Å². The molecule has 0 atom stereocenters. The molecule has 0 saturated heterocycles. The van der Waals surface area contributed by atoms with Crippen LogP contribution in [0.25, 0.3) is 10.8 Å². The maximum Gasteiger partial charge on any atom is 0.305 e. The van der Waals surface area contributed by atoms with Crippen LogP contribution >= 0.6 is 0 Å². The number of aromatic nitrogens is 1. The third-order valence-electron chi connectivity index (χ3n) is 2.59. The molecule has 0 aliphatic heterocycles. The average Bonchev–Trinajstić information content (AvgIpc) is 2.38. The number of carboxylic acid groups (broad SMARTS) is 1. The molecule has 0 aliphatic carbocycles. The van der Waals surface area contributed by atoms with E-state index in [4.69, 9.17) is 5.11 Å². The van der Waals surface area contributed by atoms with Crippen molar-refractivity contribution in [2.24, 2.45) is 0 Å². The zero-order valence-electron chi connectivity index (χ0n) is 9.89. The molecule has 0 bridgehead atoms. The second-order valence-electron chi connectivity index (χ2n) is 3.89. The first-order chi connectivity index (χ1) is 9.09. The molecule has 0 saturated carbocycles. The Hall–Kier alpha value is -2.50. The van der Waals surface area contributed by atoms with Crippen molar-refractivity contribution in [2.45, 2.75) is 6.42 Å². The summed E-state index contributed by atoms with van der Waals surface area (Å²) in [6.45, 7) is 0.00154. The Labute approximate surface area is 108 Å². The summed E-state index contributed by atoms with van der Waals surface area (Å²) in [7, 11) is 0. The largest absolute Gasteiger partial charge is 0.481 e. The van der Waals surface area contributed by atoms with E-state index >= 15 is 0 Å². The summed E-state index contributed by atoms with van der Waals surface area (Å²) in [5, 5.41) is 11.6. The third-order valence-corrected chi connectivity index (χ3v) is 2.59. The lowest BCUT2D eigenvalue weighted by Crippen LogP contribution is -2.27. The minimum absolute atomic E-state index is 0.00154. The first-order valence-electron chi connectivity index (χ1n) is 5.63. The molecule has 0 unspecified atom stereocenters. The number of carbonyl (C=O) groups is 2. The van der Waals surface area contributed by atoms with Gasteiger partial charge in [-0.05, 0) is 12.1 Å². The first kappa shape index (κ1) is 12.9. The average molecular weight is 262 g/mol. The number of nitrogens with one attached hydrogen (secondary N) is 1. The summed E-state index contributed by atoms with van der Waals surface area (Å²) < 4.78 is 13.6. The number of carboxylic acids is 1. The van der Waals surface area contributed by atoms with Crippen LogP contribution in [0.2, 0.25) is 0 Å². The number of hydrogen-bond acceptors (Lipinski definition) is 3. The van der Waals surface area contributed by atoms with Gasteiger partial charge >= 0.3 is 5.97 Å². The molecule has 2 rings (SSSR count). The standard InChI is InChI=1S/C13H11FN2O3/c14-10-3-1-2-9-8(10)4-6-15-12(9)13(19)16-7-5-11(17)18/h1-4,6H,5,7H2,(H,16,19)(H,17,18). The van der Waals surface area contributed by atoms with Gasteiger partial charge in [-0.2, -0.15) is 0 Å². The van der Waals surface area contributed by atoms with E-state index in [0.717, 1.165) is 0 Å². The van der Waals surface area contributed by atoms with Gasteiger partial charge in [-0.1, -0.05) is 12.1 Å². The van der Waals surface area contributed by atoms with Gasteiger partial charge in [0.15, 0.2) is 0 Å². The Bertz CT molecular complexity index is 643. The maximum atomic E-state index is 13.6. The second kappa shape index (κ2) is 5.43. The van der Waals surface area contributed by atoms with E-state index in [9.17, 15) is 14.0 Å². The molecule has 6 heteroatoms. The molecule has 2 aromatic rings. The fourth-order valence-corrected chi connectivity index (χ4v) is 1.72. The predicted molar refractivity (Wildman–Crippen MR) is 66.3 cm³/mol. The highest BCUT2D eigenvalue weighted by Gasteiger charge is 2.13. The number of nitrogens with zero attached hydrogens (tertiary/aromatic N) is 1. The number of aliphatic carboxylic acids is 1. The fraction of sp³-hybridized carbons (Fsp3) is 0.154. The van der Waals surface area contributed by atoms with Gasteiger partial charge in [0.1, 0.15) is 11.5 Å². The van der Waals surface area contributed by atoms with Crippen LogP contribution in [0.4, 0.5) is 4.39 Å². The van der Waals surface area contributed by atoms with Crippen LogP contribution in [-0.4, -0.2) is 28.5 Å². The molecular weight excluding hydrogens is 251 g/mol. The molecule has 98 valence electrons. The van der Waals surface area contributed by atoms with Gasteiger partial charge in [-0.15, -0.1) is 0 Å². The fourth-order valence-electron chi connectivity index (χ4n) is 1.72. The van der Waals surface area contributed by atoms with Gasteiger partial charge in [0, 0.05) is 23.5 Å². The van der Waals surface area contributed by atoms with Gasteiger partial charge in [-0.3, -0.25) is 14.6 Å². The molecule has 19 heavy (non-hydrogen) atoms. The summed E-state index contributed by atoms with van der Waals surface area (Å²) in [5.74, 6) is -1.95. The first-order valence-corrected chi connectivity index (χ1v) is 5.63. The zero-order valence-corrected chi connectivity index (χ0v) is 9.89. The van der Waals surface area contributed by atoms with Crippen molar-refractivity contribution in [1.82, 2.24) is 10.3 Å². The number of rotatable bonds is 4. The van der Waals surface area contributed by atoms with E-state index in [1.54, 1.807) is 6.07 Å². The molecule has 0 aliphatic rings. The van der Waals surface area contributed by atoms with E-state index in [0.29, 0.717) is 10.8 Å². The molecule has 2 N–H and O–H groups in total. The maximum absolute atomic E-state index is 13.6. The van der Waals surface area contributed by atoms with Crippen LogP contribution in [0.15, 0.2) is 30.5 Å². The third kappa shape index (κ3) is 2.85. The highest BCUT2D eigenvalue weighted by molar-refractivity contribution is 6.05. The summed E-state index contributed by atoms with van der Waals surface area (Å²) in [6, 6.07) is 5.87. The Kier molecular flexibility index (Phi) is 3.70. The van der Waals surface area contributed by atoms with Crippen molar-refractivity contribution in [2.75, 3.05) is 6.54 Å². The smallest absolute Gasteiger partial charge is 0.305 e. The Balaban J connectivity index is 2.27. The minimum atomic E-state index is -1.00. The number of amides is 1. The topological polar surface area (TPSA) is 79.3 Å². The van der Waals surface area contributed by atoms with Gasteiger partial charge < -0.3 is 10.4 Å². The molecule has 5 nitrogen and oxygen atoms in total. The van der Waals surface area contributed by atoms with Crippen LogP contribution in [0.5, 0.6) is 0 Å². The highest BCUT2D eigenvalue weighted by atomic mass is 19.1. The normalized spacial score (nSPS) is 10.4. The number of pyridine rings is 1. The molecule has 0 spiro atoms. The van der Waals surface area contributed by atoms with E-state index in [2.05, 4.69) is 10.3 Å². The number of hydrogen-bond donors (Lipinski definition) is 2. The van der Waals surface area contributed by atoms with E-state index < -0.39 is 17.7 Å². The lowest BCUT2D eigenvalue weighted by atomic mass is 10.1. The summed E-state index contributed by atoms with van der Waals surface area (Å²) in [4.78, 5) is 26.1. The lowest BCUT2D eigenvalue weighted by Gasteiger charge is -2.06. The zero-order chi connectivity index (χ0) is 13.8. The second-order valence-corrected chi connectivity index (χ2v) is 3.89. The van der Waals surface area contributed by atoms with Crippen molar-refractivity contribution in [3.05, 3.63) is 42.0 Å². The lowest BCUT2D eigenvalue weighted by molar-refractivity contribution is -0.136. The number of benzene rings is 1. The monoisotopic (exact) mass is 262 g/mol. The summed E-state index contributed by atoms with van der Waals surface area (Å²) in [5.41, 5.74) is 0.0855. The van der Waals surface area contributed by atoms with Crippen molar-refractivity contribution in [3.8, 4) is 0 Å². The van der Waals surface area contributed by atoms with Gasteiger partial charge in [0.05, 0.1) is 6.42 Å². The van der Waals surface area contributed by atoms with Gasteiger partial charge in [-0.25, -0.2) is 4.39 Å². The quantitative estimate of drug-likeness (QED) is 0.876. The molecular formula is C13H11FN2O3. The molecule has 0 fully saturated rings. The van der Waals surface area contributed by atoms with Crippen LogP contribution < -0.4 is 5.32 Å². The van der Waals surface area contributed by atoms with Crippen LogP contribution in [0, 0.1) is 5.82 Å². The summed E-state index contributed by atoms with van der Waals surface area (Å²) >= 11 is 0. The Morgan fingerprint density at radius 3 is 2.79 bits per heavy atom. The molecule has 1 heterocycles. The molecule has 0 radical (unpaired) electrons. The SMILES string of the molecule is O=C(O)CCNC(=O)c1nccc2c(F)cccc12. The van der Waals surface area contributed by atoms with E-state index in [1.165, 1.54) is 24.4 Å². The number of halogens is 1. The van der Waals surface area contributed by atoms with Crippen LogP contribution in [-0.2, 0) is 4.79 Å². The Morgan fingerprint density at radius 2 is 2.05 bits per heavy atom. The molecule has 1 aromatic carbocycles. The molecule has 1 aromatic heterocycles. The molecule has 1 amide bonds. The Morgan fingerprint density at radius 1 is 1.26 bits per heavy atom. The van der Waals surface area contributed by atoms with Crippen molar-refractivity contribution in [3.63, 3.8) is 0 Å². The number of carbonyl (C=O) groups excluding carboxylic acids is 1. The van der Waals surface area contributed by atoms with Crippen molar-refractivity contribution < 1.29 is 19.1 Å².